The van der Waals surface area contributed by atoms with Crippen molar-refractivity contribution in [1.82, 2.24) is 0 Å². The summed E-state index contributed by atoms with van der Waals surface area (Å²) >= 11 is 0. The van der Waals surface area contributed by atoms with E-state index in [2.05, 4.69) is 0 Å². The fourth-order valence-corrected chi connectivity index (χ4v) is 0. The summed E-state index contributed by atoms with van der Waals surface area (Å²) in [7, 11) is -9.28. The fourth-order valence-electron chi connectivity index (χ4n) is 0. The third-order valence-corrected chi connectivity index (χ3v) is 0. The van der Waals surface area contributed by atoms with Crippen molar-refractivity contribution in [2.45, 2.75) is 13.8 Å². The van der Waals surface area contributed by atoms with Crippen LogP contribution in [0.2, 0.25) is 0 Å². The molecule has 15 heteroatoms. The Hall–Kier alpha value is 4.18. The molecule has 94 valence electrons. The van der Waals surface area contributed by atoms with Crippen molar-refractivity contribution in [3.8, 4) is 0 Å². The van der Waals surface area contributed by atoms with E-state index in [0.29, 0.717) is 0 Å². The van der Waals surface area contributed by atoms with Gasteiger partial charge in [-0.3, -0.25) is 0 Å². The summed E-state index contributed by atoms with van der Waals surface area (Å²) in [5.74, 6) is 0. The second-order valence-electron chi connectivity index (χ2n) is 1.03. The van der Waals surface area contributed by atoms with E-state index in [9.17, 15) is 0 Å². The predicted molar refractivity (Wildman–Crippen MR) is 72.1 cm³/mol. The van der Waals surface area contributed by atoms with Crippen molar-refractivity contribution >= 4 is 134 Å². The summed E-state index contributed by atoms with van der Waals surface area (Å²) in [6.07, 6.45) is 0. The Balaban J connectivity index is -0.0000000110. The summed E-state index contributed by atoms with van der Waals surface area (Å²) in [5.41, 5.74) is 0. The van der Waals surface area contributed by atoms with Gasteiger partial charge in [0.05, 0.1) is 0 Å². The quantitative estimate of drug-likeness (QED) is 0.189. The zero-order chi connectivity index (χ0) is 11.0. The Bertz CT molecular complexity index is 141. The number of hydrogen-bond donors (Lipinski definition) is 6. The molecule has 9 nitrogen and oxygen atoms in total. The molecule has 0 aliphatic rings. The molecule has 0 aliphatic heterocycles. The van der Waals surface area contributed by atoms with E-state index < -0.39 is 15.6 Å². The van der Waals surface area contributed by atoms with Gasteiger partial charge in [-0.2, -0.15) is 0 Å². The minimum atomic E-state index is -4.64. The first-order chi connectivity index (χ1) is 5.00. The molecule has 0 aliphatic carbocycles. The second kappa shape index (κ2) is 28.4. The monoisotopic (exact) mass is 340 g/mol. The number of rotatable bonds is 0. The SMILES string of the molecule is CC.O.O=P(O)(O)O.O=P(O)(O)O.[NaH].[NaH].[NaH].[NaH]. The van der Waals surface area contributed by atoms with Crippen molar-refractivity contribution in [2.75, 3.05) is 0 Å². The second-order valence-corrected chi connectivity index (χ2v) is 3.08. The summed E-state index contributed by atoms with van der Waals surface area (Å²) < 4.78 is 17.8. The standard InChI is InChI=1S/C2H6.4Na.2H3O4P.H2O.4H/c1-2;;;;;2*1-5(2,3)4;;;;;/h1-2H3;;;;;2*(H3,1,2,3,4);1H2;;;;. The Morgan fingerprint density at radius 2 is 0.588 bits per heavy atom. The molecule has 8 N–H and O–H groups in total. The predicted octanol–water partition coefficient (Wildman–Crippen LogP) is -4.25. The van der Waals surface area contributed by atoms with E-state index in [0.717, 1.165) is 0 Å². The molecule has 0 aromatic carbocycles. The molecule has 17 heavy (non-hydrogen) atoms. The third-order valence-electron chi connectivity index (χ3n) is 0. The Labute approximate surface area is 188 Å². The maximum absolute atomic E-state index is 8.88. The minimum absolute atomic E-state index is 0. The number of phosphoric acid groups is 2. The van der Waals surface area contributed by atoms with Crippen LogP contribution in [0.3, 0.4) is 0 Å². The fraction of sp³-hybridized carbons (Fsp3) is 1.00. The molecule has 0 rings (SSSR count). The summed E-state index contributed by atoms with van der Waals surface area (Å²) in [6.45, 7) is 4.00. The zero-order valence-corrected chi connectivity index (χ0v) is 8.68. The maximum atomic E-state index is 8.88. The van der Waals surface area contributed by atoms with Crippen LogP contribution >= 0.6 is 15.6 Å². The molecule has 0 saturated heterocycles. The van der Waals surface area contributed by atoms with Gasteiger partial charge in [-0.15, -0.1) is 0 Å². The average Bonchev–Trinajstić information content (AvgIpc) is 1.59. The van der Waals surface area contributed by atoms with Gasteiger partial charge >= 0.3 is 134 Å². The van der Waals surface area contributed by atoms with Crippen molar-refractivity contribution in [1.29, 1.82) is 0 Å². The number of hydrogen-bond acceptors (Lipinski definition) is 2. The molecule has 0 spiro atoms. The van der Waals surface area contributed by atoms with Crippen LogP contribution in [0, 0.1) is 0 Å². The molecule has 0 atom stereocenters. The van der Waals surface area contributed by atoms with E-state index >= 15 is 0 Å². The van der Waals surface area contributed by atoms with Crippen molar-refractivity contribution in [3.05, 3.63) is 0 Å². The molecule has 0 unspecified atom stereocenters. The van der Waals surface area contributed by atoms with Crippen LogP contribution in [-0.4, -0.2) is 153 Å². The normalized spacial score (nSPS) is 7.29. The zero-order valence-electron chi connectivity index (χ0n) is 6.89. The molecule has 0 radical (unpaired) electrons. The van der Waals surface area contributed by atoms with Gasteiger partial charge in [0.25, 0.3) is 0 Å². The average molecular weight is 340 g/mol. The molecular weight excluding hydrogens is 322 g/mol. The first-order valence-electron chi connectivity index (χ1n) is 2.57. The van der Waals surface area contributed by atoms with Gasteiger partial charge in [0, 0.05) is 0 Å². The van der Waals surface area contributed by atoms with Crippen molar-refractivity contribution in [2.24, 2.45) is 0 Å². The van der Waals surface area contributed by atoms with Crippen LogP contribution in [0.1, 0.15) is 13.8 Å². The summed E-state index contributed by atoms with van der Waals surface area (Å²) in [6, 6.07) is 0. The van der Waals surface area contributed by atoms with Gasteiger partial charge in [0.1, 0.15) is 0 Å². The molecule has 0 aromatic rings. The topological polar surface area (TPSA) is 187 Å². The Kier molecular flexibility index (Phi) is 82.8. The van der Waals surface area contributed by atoms with Gasteiger partial charge in [-0.1, -0.05) is 13.8 Å². The van der Waals surface area contributed by atoms with Crippen LogP contribution in [-0.2, 0) is 9.13 Å². The first-order valence-corrected chi connectivity index (χ1v) is 5.70. The molecule has 0 saturated carbocycles. The Morgan fingerprint density at radius 3 is 0.588 bits per heavy atom. The molecule has 0 amide bonds. The first kappa shape index (κ1) is 49.7. The van der Waals surface area contributed by atoms with Gasteiger partial charge in [-0.05, 0) is 0 Å². The van der Waals surface area contributed by atoms with Crippen LogP contribution in [0.4, 0.5) is 0 Å². The molecule has 0 aromatic heterocycles. The Morgan fingerprint density at radius 1 is 0.588 bits per heavy atom. The van der Waals surface area contributed by atoms with E-state index in [1.807, 2.05) is 13.8 Å². The molecule has 0 heterocycles. The van der Waals surface area contributed by atoms with E-state index in [1.54, 1.807) is 0 Å². The summed E-state index contributed by atoms with van der Waals surface area (Å²) in [4.78, 5) is 43.1. The van der Waals surface area contributed by atoms with E-state index in [4.69, 9.17) is 38.5 Å². The van der Waals surface area contributed by atoms with Crippen LogP contribution in [0.5, 0.6) is 0 Å². The van der Waals surface area contributed by atoms with Gasteiger partial charge in [0.2, 0.25) is 0 Å². The molecular formula is C2H18Na4O9P2. The van der Waals surface area contributed by atoms with Crippen molar-refractivity contribution in [3.63, 3.8) is 0 Å². The van der Waals surface area contributed by atoms with Gasteiger partial charge in [-0.25, -0.2) is 9.13 Å². The van der Waals surface area contributed by atoms with Gasteiger partial charge < -0.3 is 34.8 Å². The van der Waals surface area contributed by atoms with Crippen LogP contribution < -0.4 is 0 Å². The van der Waals surface area contributed by atoms with E-state index in [-0.39, 0.29) is 124 Å². The van der Waals surface area contributed by atoms with Gasteiger partial charge in [0.15, 0.2) is 0 Å². The van der Waals surface area contributed by atoms with Crippen LogP contribution in [0.25, 0.3) is 0 Å². The third kappa shape index (κ3) is 382. The van der Waals surface area contributed by atoms with Crippen molar-refractivity contribution < 1.29 is 44.0 Å². The van der Waals surface area contributed by atoms with Crippen LogP contribution in [0.15, 0.2) is 0 Å². The summed E-state index contributed by atoms with van der Waals surface area (Å²) in [5, 5.41) is 0. The van der Waals surface area contributed by atoms with E-state index in [1.165, 1.54) is 0 Å². The molecule has 0 fully saturated rings. The molecule has 0 bridgehead atoms.